The average Bonchev–Trinajstić information content (AvgIpc) is 2.55. The number of anilines is 1. The number of carbonyl (C=O) groups excluding carboxylic acids is 2. The third kappa shape index (κ3) is 3.37. The number of hydrogen-bond donors (Lipinski definition) is 1. The summed E-state index contributed by atoms with van der Waals surface area (Å²) in [5, 5.41) is 2.74. The first-order valence-electron chi connectivity index (χ1n) is 7.01. The summed E-state index contributed by atoms with van der Waals surface area (Å²) in [4.78, 5) is 24.6. The molecule has 2 aromatic rings. The highest BCUT2D eigenvalue weighted by Gasteiger charge is 2.31. The smallest absolute Gasteiger partial charge is 0.265 e. The van der Waals surface area contributed by atoms with Crippen LogP contribution >= 0.6 is 15.9 Å². The Morgan fingerprint density at radius 1 is 1.30 bits per heavy atom. The molecule has 0 bridgehead atoms. The first kappa shape index (κ1) is 15.6. The Bertz CT molecular complexity index is 775. The van der Waals surface area contributed by atoms with E-state index in [0.29, 0.717) is 22.7 Å². The van der Waals surface area contributed by atoms with E-state index in [2.05, 4.69) is 21.2 Å². The van der Waals surface area contributed by atoms with Crippen LogP contribution in [0.1, 0.15) is 16.8 Å². The second kappa shape index (κ2) is 6.42. The highest BCUT2D eigenvalue weighted by molar-refractivity contribution is 9.10. The number of Topliss-reactive ketones (excluding diaryl/α,β-unsaturated/α-hetero) is 1. The van der Waals surface area contributed by atoms with Crippen LogP contribution in [-0.4, -0.2) is 24.9 Å². The number of nitrogens with one attached hydrogen (secondary N) is 1. The van der Waals surface area contributed by atoms with Gasteiger partial charge in [0.2, 0.25) is 0 Å². The lowest BCUT2D eigenvalue weighted by Gasteiger charge is -2.24. The molecular weight excluding hydrogens is 362 g/mol. The van der Waals surface area contributed by atoms with Crippen molar-refractivity contribution < 1.29 is 19.1 Å². The fraction of sp³-hybridized carbons (Fsp3) is 0.176. The third-order valence-corrected chi connectivity index (χ3v) is 4.00. The summed E-state index contributed by atoms with van der Waals surface area (Å²) in [6.07, 6.45) is -0.832. The molecule has 0 fully saturated rings. The summed E-state index contributed by atoms with van der Waals surface area (Å²) < 4.78 is 11.6. The molecule has 23 heavy (non-hydrogen) atoms. The van der Waals surface area contributed by atoms with Crippen molar-refractivity contribution in [3.05, 3.63) is 52.5 Å². The van der Waals surface area contributed by atoms with Gasteiger partial charge in [-0.05, 0) is 30.3 Å². The fourth-order valence-electron chi connectivity index (χ4n) is 2.37. The van der Waals surface area contributed by atoms with E-state index < -0.39 is 6.10 Å². The fourth-order valence-corrected chi connectivity index (χ4v) is 2.73. The predicted molar refractivity (Wildman–Crippen MR) is 89.1 cm³/mol. The normalized spacial score (nSPS) is 16.3. The van der Waals surface area contributed by atoms with Crippen molar-refractivity contribution in [3.8, 4) is 11.5 Å². The largest absolute Gasteiger partial charge is 0.497 e. The molecule has 0 aliphatic carbocycles. The van der Waals surface area contributed by atoms with Crippen molar-refractivity contribution in [3.63, 3.8) is 0 Å². The van der Waals surface area contributed by atoms with E-state index in [4.69, 9.17) is 9.47 Å². The van der Waals surface area contributed by atoms with E-state index in [-0.39, 0.29) is 18.1 Å². The van der Waals surface area contributed by atoms with Crippen LogP contribution in [0, 0.1) is 0 Å². The number of carbonyl (C=O) groups is 2. The first-order valence-corrected chi connectivity index (χ1v) is 7.80. The van der Waals surface area contributed by atoms with Gasteiger partial charge in [0.15, 0.2) is 11.9 Å². The van der Waals surface area contributed by atoms with Crippen molar-refractivity contribution in [2.45, 2.75) is 12.5 Å². The lowest BCUT2D eigenvalue weighted by molar-refractivity contribution is -0.122. The van der Waals surface area contributed by atoms with Crippen LogP contribution in [0.25, 0.3) is 0 Å². The van der Waals surface area contributed by atoms with Crippen LogP contribution < -0.4 is 14.8 Å². The number of fused-ring (bicyclic) bond motifs is 1. The monoisotopic (exact) mass is 375 g/mol. The van der Waals surface area contributed by atoms with Gasteiger partial charge in [0, 0.05) is 16.2 Å². The molecule has 1 N–H and O–H groups in total. The van der Waals surface area contributed by atoms with E-state index in [9.17, 15) is 9.59 Å². The molecule has 1 heterocycles. The number of ketones is 1. The van der Waals surface area contributed by atoms with Gasteiger partial charge in [-0.1, -0.05) is 22.0 Å². The number of rotatable bonds is 3. The Labute approximate surface area is 141 Å². The number of benzene rings is 2. The first-order chi connectivity index (χ1) is 11.1. The zero-order chi connectivity index (χ0) is 16.4. The minimum atomic E-state index is -0.845. The molecule has 0 unspecified atom stereocenters. The number of methoxy groups -OCH3 is 1. The third-order valence-electron chi connectivity index (χ3n) is 3.51. The van der Waals surface area contributed by atoms with E-state index in [0.717, 1.165) is 4.47 Å². The van der Waals surface area contributed by atoms with Crippen LogP contribution in [-0.2, 0) is 4.79 Å². The van der Waals surface area contributed by atoms with Gasteiger partial charge < -0.3 is 14.8 Å². The number of amides is 1. The highest BCUT2D eigenvalue weighted by atomic mass is 79.9. The molecule has 118 valence electrons. The van der Waals surface area contributed by atoms with Crippen molar-refractivity contribution >= 4 is 33.3 Å². The quantitative estimate of drug-likeness (QED) is 0.892. The molecule has 0 spiro atoms. The Morgan fingerprint density at radius 3 is 2.91 bits per heavy atom. The van der Waals surface area contributed by atoms with Gasteiger partial charge in [0.1, 0.15) is 11.5 Å². The molecule has 6 heteroatoms. The number of ether oxygens (including phenoxy) is 2. The zero-order valence-electron chi connectivity index (χ0n) is 12.3. The lowest BCUT2D eigenvalue weighted by atomic mass is 10.0. The summed E-state index contributed by atoms with van der Waals surface area (Å²) in [5.41, 5.74) is 1.08. The van der Waals surface area contributed by atoms with Crippen LogP contribution in [0.2, 0.25) is 0 Å². The molecule has 1 amide bonds. The molecule has 0 saturated carbocycles. The molecule has 1 atom stereocenters. The molecule has 2 aromatic carbocycles. The van der Waals surface area contributed by atoms with Gasteiger partial charge in [-0.15, -0.1) is 0 Å². The van der Waals surface area contributed by atoms with E-state index in [1.54, 1.807) is 49.6 Å². The Morgan fingerprint density at radius 2 is 2.13 bits per heavy atom. The molecule has 0 aromatic heterocycles. The lowest BCUT2D eigenvalue weighted by Crippen LogP contribution is -2.38. The second-order valence-electron chi connectivity index (χ2n) is 5.10. The summed E-state index contributed by atoms with van der Waals surface area (Å²) in [5.74, 6) is 0.590. The minimum Gasteiger partial charge on any atom is -0.497 e. The van der Waals surface area contributed by atoms with Crippen molar-refractivity contribution in [1.82, 2.24) is 0 Å². The van der Waals surface area contributed by atoms with Gasteiger partial charge in [0.05, 0.1) is 19.1 Å². The van der Waals surface area contributed by atoms with Gasteiger partial charge in [0.25, 0.3) is 5.91 Å². The van der Waals surface area contributed by atoms with Crippen LogP contribution in [0.4, 0.5) is 5.69 Å². The van der Waals surface area contributed by atoms with Crippen molar-refractivity contribution in [2.75, 3.05) is 12.4 Å². The highest BCUT2D eigenvalue weighted by Crippen LogP contribution is 2.30. The summed E-state index contributed by atoms with van der Waals surface area (Å²) in [6, 6.07) is 12.2. The maximum absolute atomic E-state index is 12.4. The Kier molecular flexibility index (Phi) is 4.34. The summed E-state index contributed by atoms with van der Waals surface area (Å²) in [6.45, 7) is 0. The summed E-state index contributed by atoms with van der Waals surface area (Å²) >= 11 is 3.32. The zero-order valence-corrected chi connectivity index (χ0v) is 13.9. The van der Waals surface area contributed by atoms with Gasteiger partial charge in [-0.25, -0.2) is 0 Å². The molecule has 1 aliphatic heterocycles. The Balaban J connectivity index is 1.76. The number of hydrogen-bond acceptors (Lipinski definition) is 4. The SMILES string of the molecule is COc1cccc(NC(=O)[C@@H]2CC(=O)c3cc(Br)ccc3O2)c1. The van der Waals surface area contributed by atoms with E-state index >= 15 is 0 Å². The van der Waals surface area contributed by atoms with Crippen LogP contribution in [0.3, 0.4) is 0 Å². The average molecular weight is 376 g/mol. The topological polar surface area (TPSA) is 64.6 Å². The number of halogens is 1. The van der Waals surface area contributed by atoms with Crippen LogP contribution in [0.5, 0.6) is 11.5 Å². The minimum absolute atomic E-state index is 0.0131. The molecule has 1 aliphatic rings. The van der Waals surface area contributed by atoms with Crippen molar-refractivity contribution in [2.24, 2.45) is 0 Å². The van der Waals surface area contributed by atoms with Crippen LogP contribution in [0.15, 0.2) is 46.9 Å². The second-order valence-corrected chi connectivity index (χ2v) is 6.01. The molecule has 0 saturated heterocycles. The molecule has 0 radical (unpaired) electrons. The van der Waals surface area contributed by atoms with Crippen molar-refractivity contribution in [1.29, 1.82) is 0 Å². The van der Waals surface area contributed by atoms with Gasteiger partial charge in [-0.2, -0.15) is 0 Å². The van der Waals surface area contributed by atoms with E-state index in [1.807, 2.05) is 0 Å². The summed E-state index contributed by atoms with van der Waals surface area (Å²) in [7, 11) is 1.55. The maximum Gasteiger partial charge on any atom is 0.265 e. The predicted octanol–water partition coefficient (Wildman–Crippen LogP) is 3.43. The molecule has 3 rings (SSSR count). The van der Waals surface area contributed by atoms with E-state index in [1.165, 1.54) is 0 Å². The van der Waals surface area contributed by atoms with Gasteiger partial charge >= 0.3 is 0 Å². The molecule has 5 nitrogen and oxygen atoms in total. The standard InChI is InChI=1S/C17H14BrNO4/c1-22-12-4-2-3-11(8-12)19-17(21)16-9-14(20)13-7-10(18)5-6-15(13)23-16/h2-8,16H,9H2,1H3,(H,19,21)/t16-/m0/s1. The Hall–Kier alpha value is -2.34. The van der Waals surface area contributed by atoms with Gasteiger partial charge in [-0.3, -0.25) is 9.59 Å². The maximum atomic E-state index is 12.4. The molecular formula is C17H14BrNO4.